The third-order valence-electron chi connectivity index (χ3n) is 2.59. The maximum absolute atomic E-state index is 12.7. The van der Waals surface area contributed by atoms with E-state index in [1.54, 1.807) is 0 Å². The van der Waals surface area contributed by atoms with Crippen molar-refractivity contribution in [1.29, 1.82) is 0 Å². The van der Waals surface area contributed by atoms with E-state index in [0.717, 1.165) is 12.1 Å². The molecule has 1 N–H and O–H groups in total. The molecule has 19 heavy (non-hydrogen) atoms. The van der Waals surface area contributed by atoms with Crippen LogP contribution in [0.4, 0.5) is 13.2 Å². The Morgan fingerprint density at radius 2 is 1.89 bits per heavy atom. The van der Waals surface area contributed by atoms with Crippen LogP contribution >= 0.6 is 0 Å². The minimum Gasteiger partial charge on any atom is -0.496 e. The first-order valence-electron chi connectivity index (χ1n) is 5.37. The van der Waals surface area contributed by atoms with Gasteiger partial charge in [-0.15, -0.1) is 0 Å². The Morgan fingerprint density at radius 1 is 1.16 bits per heavy atom. The van der Waals surface area contributed by atoms with Crippen LogP contribution in [0.3, 0.4) is 0 Å². The summed E-state index contributed by atoms with van der Waals surface area (Å²) in [7, 11) is 1.35. The normalized spacial score (nSPS) is 11.4. The SMILES string of the molecule is COc1ccc(C(F)(F)F)cc1-c1cccc(=O)[nH]1. The van der Waals surface area contributed by atoms with E-state index in [1.807, 2.05) is 0 Å². The van der Waals surface area contributed by atoms with Gasteiger partial charge in [-0.05, 0) is 24.3 Å². The number of hydrogen-bond donors (Lipinski definition) is 1. The number of hydrogen-bond acceptors (Lipinski definition) is 2. The molecule has 0 unspecified atom stereocenters. The fourth-order valence-electron chi connectivity index (χ4n) is 1.70. The highest BCUT2D eigenvalue weighted by molar-refractivity contribution is 5.68. The summed E-state index contributed by atoms with van der Waals surface area (Å²) in [5.41, 5.74) is -0.726. The standard InChI is InChI=1S/C13H10F3NO2/c1-19-11-6-5-8(13(14,15)16)7-9(11)10-3-2-4-12(18)17-10/h2-7H,1H3,(H,17,18). The van der Waals surface area contributed by atoms with Gasteiger partial charge in [0.25, 0.3) is 0 Å². The van der Waals surface area contributed by atoms with Crippen molar-refractivity contribution in [2.75, 3.05) is 7.11 Å². The summed E-state index contributed by atoms with van der Waals surface area (Å²) >= 11 is 0. The Morgan fingerprint density at radius 3 is 2.47 bits per heavy atom. The molecule has 6 heteroatoms. The molecule has 0 aliphatic heterocycles. The number of alkyl halides is 3. The molecule has 1 heterocycles. The zero-order valence-corrected chi connectivity index (χ0v) is 9.91. The van der Waals surface area contributed by atoms with E-state index in [-0.39, 0.29) is 17.0 Å². The number of nitrogens with one attached hydrogen (secondary N) is 1. The molecule has 0 radical (unpaired) electrons. The van der Waals surface area contributed by atoms with Crippen LogP contribution in [0.25, 0.3) is 11.3 Å². The van der Waals surface area contributed by atoms with Gasteiger partial charge in [0.1, 0.15) is 5.75 Å². The minimum absolute atomic E-state index is 0.190. The van der Waals surface area contributed by atoms with Crippen LogP contribution in [0.2, 0.25) is 0 Å². The molecule has 100 valence electrons. The molecule has 0 spiro atoms. The van der Waals surface area contributed by atoms with Gasteiger partial charge in [-0.25, -0.2) is 0 Å². The summed E-state index contributed by atoms with van der Waals surface area (Å²) in [6, 6.07) is 7.37. The highest BCUT2D eigenvalue weighted by atomic mass is 19.4. The summed E-state index contributed by atoms with van der Waals surface area (Å²) in [5, 5.41) is 0. The summed E-state index contributed by atoms with van der Waals surface area (Å²) < 4.78 is 43.1. The van der Waals surface area contributed by atoms with Crippen LogP contribution in [0.15, 0.2) is 41.2 Å². The van der Waals surface area contributed by atoms with Gasteiger partial charge >= 0.3 is 6.18 Å². The second-order valence-electron chi connectivity index (χ2n) is 3.84. The van der Waals surface area contributed by atoms with E-state index >= 15 is 0 Å². The van der Waals surface area contributed by atoms with Crippen molar-refractivity contribution in [3.05, 3.63) is 52.3 Å². The summed E-state index contributed by atoms with van der Waals surface area (Å²) in [6.07, 6.45) is -4.45. The number of aromatic amines is 1. The molecule has 0 aliphatic carbocycles. The van der Waals surface area contributed by atoms with Crippen LogP contribution in [0, 0.1) is 0 Å². The number of halogens is 3. The molecule has 3 nitrogen and oxygen atoms in total. The number of ether oxygens (including phenoxy) is 1. The van der Waals surface area contributed by atoms with Gasteiger partial charge in [0.05, 0.1) is 18.4 Å². The van der Waals surface area contributed by atoms with Crippen molar-refractivity contribution >= 4 is 0 Å². The van der Waals surface area contributed by atoms with Crippen molar-refractivity contribution < 1.29 is 17.9 Å². The van der Waals surface area contributed by atoms with Crippen LogP contribution in [-0.2, 0) is 6.18 Å². The molecule has 2 rings (SSSR count). The molecule has 0 saturated heterocycles. The van der Waals surface area contributed by atoms with Crippen molar-refractivity contribution in [2.45, 2.75) is 6.18 Å². The highest BCUT2D eigenvalue weighted by Crippen LogP contribution is 2.36. The Balaban J connectivity index is 2.63. The number of rotatable bonds is 2. The van der Waals surface area contributed by atoms with Crippen LogP contribution in [-0.4, -0.2) is 12.1 Å². The predicted octanol–water partition coefficient (Wildman–Crippen LogP) is 3.07. The van der Waals surface area contributed by atoms with Crippen molar-refractivity contribution in [3.8, 4) is 17.0 Å². The van der Waals surface area contributed by atoms with Gasteiger partial charge in [0.15, 0.2) is 0 Å². The van der Waals surface area contributed by atoms with Crippen LogP contribution < -0.4 is 10.3 Å². The molecule has 0 aliphatic rings. The lowest BCUT2D eigenvalue weighted by Gasteiger charge is -2.12. The second-order valence-corrected chi connectivity index (χ2v) is 3.84. The fourth-order valence-corrected chi connectivity index (χ4v) is 1.70. The van der Waals surface area contributed by atoms with Crippen LogP contribution in [0.5, 0.6) is 5.75 Å². The van der Waals surface area contributed by atoms with Gasteiger partial charge in [0.2, 0.25) is 5.56 Å². The Kier molecular flexibility index (Phi) is 3.33. The number of aromatic nitrogens is 1. The maximum Gasteiger partial charge on any atom is 0.416 e. The largest absolute Gasteiger partial charge is 0.496 e. The van der Waals surface area contributed by atoms with Gasteiger partial charge in [-0.1, -0.05) is 6.07 Å². The number of methoxy groups -OCH3 is 1. The van der Waals surface area contributed by atoms with Crippen molar-refractivity contribution in [3.63, 3.8) is 0 Å². The van der Waals surface area contributed by atoms with Crippen molar-refractivity contribution in [2.24, 2.45) is 0 Å². The van der Waals surface area contributed by atoms with Crippen LogP contribution in [0.1, 0.15) is 5.56 Å². The Labute approximate surface area is 106 Å². The van der Waals surface area contributed by atoms with Crippen molar-refractivity contribution in [1.82, 2.24) is 4.98 Å². The first-order valence-corrected chi connectivity index (χ1v) is 5.37. The number of benzene rings is 1. The summed E-state index contributed by atoms with van der Waals surface area (Å²) in [4.78, 5) is 13.7. The molecule has 0 atom stereocenters. The Bertz CT molecular complexity index is 647. The molecular formula is C13H10F3NO2. The molecule has 1 aromatic heterocycles. The zero-order valence-electron chi connectivity index (χ0n) is 9.91. The maximum atomic E-state index is 12.7. The molecule has 0 bridgehead atoms. The average Bonchev–Trinajstić information content (AvgIpc) is 2.37. The van der Waals surface area contributed by atoms with Gasteiger partial charge in [-0.3, -0.25) is 4.79 Å². The highest BCUT2D eigenvalue weighted by Gasteiger charge is 2.31. The van der Waals surface area contributed by atoms with Gasteiger partial charge < -0.3 is 9.72 Å². The van der Waals surface area contributed by atoms with E-state index < -0.39 is 17.3 Å². The average molecular weight is 269 g/mol. The lowest BCUT2D eigenvalue weighted by Crippen LogP contribution is -2.07. The molecular weight excluding hydrogens is 259 g/mol. The molecule has 0 fully saturated rings. The molecule has 2 aromatic rings. The first-order chi connectivity index (χ1) is 8.91. The Hall–Kier alpha value is -2.24. The topological polar surface area (TPSA) is 42.1 Å². The lowest BCUT2D eigenvalue weighted by molar-refractivity contribution is -0.137. The number of pyridine rings is 1. The number of H-pyrrole nitrogens is 1. The van der Waals surface area contributed by atoms with E-state index in [9.17, 15) is 18.0 Å². The second kappa shape index (κ2) is 4.79. The fraction of sp³-hybridized carbons (Fsp3) is 0.154. The summed E-state index contributed by atoms with van der Waals surface area (Å²) in [5.74, 6) is 0.259. The molecule has 0 saturated carbocycles. The van der Waals surface area contributed by atoms with E-state index in [0.29, 0.717) is 0 Å². The quantitative estimate of drug-likeness (QED) is 0.910. The van der Waals surface area contributed by atoms with E-state index in [1.165, 1.54) is 31.4 Å². The minimum atomic E-state index is -4.45. The third-order valence-corrected chi connectivity index (χ3v) is 2.59. The zero-order chi connectivity index (χ0) is 14.0. The molecule has 0 amide bonds. The van der Waals surface area contributed by atoms with Gasteiger partial charge in [-0.2, -0.15) is 13.2 Å². The monoisotopic (exact) mass is 269 g/mol. The van der Waals surface area contributed by atoms with E-state index in [4.69, 9.17) is 4.74 Å². The lowest BCUT2D eigenvalue weighted by atomic mass is 10.1. The summed E-state index contributed by atoms with van der Waals surface area (Å²) in [6.45, 7) is 0. The van der Waals surface area contributed by atoms with E-state index in [2.05, 4.69) is 4.98 Å². The smallest absolute Gasteiger partial charge is 0.416 e. The first kappa shape index (κ1) is 13.2. The molecule has 1 aromatic carbocycles. The van der Waals surface area contributed by atoms with Gasteiger partial charge in [0, 0.05) is 11.6 Å². The predicted molar refractivity (Wildman–Crippen MR) is 64.1 cm³/mol. The third kappa shape index (κ3) is 2.78.